The van der Waals surface area contributed by atoms with Crippen LogP contribution in [-0.4, -0.2) is 18.0 Å². The first kappa shape index (κ1) is 11.9. The molecule has 1 heterocycles. The van der Waals surface area contributed by atoms with Crippen molar-refractivity contribution in [2.24, 2.45) is 0 Å². The number of carbonyl (C=O) groups is 1. The summed E-state index contributed by atoms with van der Waals surface area (Å²) in [6.45, 7) is 0. The lowest BCUT2D eigenvalue weighted by Crippen LogP contribution is -2.13. The summed E-state index contributed by atoms with van der Waals surface area (Å²) in [5.41, 5.74) is 7.18. The third-order valence-corrected chi connectivity index (χ3v) is 2.39. The Labute approximate surface area is 105 Å². The number of amides is 1. The van der Waals surface area contributed by atoms with Crippen LogP contribution in [0, 0.1) is 0 Å². The fourth-order valence-corrected chi connectivity index (χ4v) is 1.50. The van der Waals surface area contributed by atoms with E-state index in [1.54, 1.807) is 42.6 Å². The van der Waals surface area contributed by atoms with Gasteiger partial charge >= 0.3 is 0 Å². The predicted molar refractivity (Wildman–Crippen MR) is 69.6 cm³/mol. The van der Waals surface area contributed by atoms with Gasteiger partial charge in [0.2, 0.25) is 0 Å². The normalized spacial score (nSPS) is 9.83. The number of anilines is 2. The molecule has 2 rings (SSSR count). The van der Waals surface area contributed by atoms with Gasteiger partial charge in [0.1, 0.15) is 11.4 Å². The molecule has 0 unspecified atom stereocenters. The zero-order valence-corrected chi connectivity index (χ0v) is 9.88. The Kier molecular flexibility index (Phi) is 3.43. The second-order valence-corrected chi connectivity index (χ2v) is 3.63. The molecule has 0 aliphatic heterocycles. The molecule has 0 bridgehead atoms. The van der Waals surface area contributed by atoms with Gasteiger partial charge < -0.3 is 15.8 Å². The van der Waals surface area contributed by atoms with Gasteiger partial charge in [-0.25, -0.2) is 0 Å². The zero-order chi connectivity index (χ0) is 13.0. The molecule has 5 nitrogen and oxygen atoms in total. The fourth-order valence-electron chi connectivity index (χ4n) is 1.50. The quantitative estimate of drug-likeness (QED) is 0.807. The lowest BCUT2D eigenvalue weighted by molar-refractivity contribution is 0.102. The Hall–Kier alpha value is -2.56. The van der Waals surface area contributed by atoms with Gasteiger partial charge in [-0.15, -0.1) is 0 Å². The number of aromatic nitrogens is 1. The Morgan fingerprint density at radius 3 is 2.78 bits per heavy atom. The van der Waals surface area contributed by atoms with Crippen molar-refractivity contribution in [3.8, 4) is 5.75 Å². The molecular weight excluding hydrogens is 230 g/mol. The highest BCUT2D eigenvalue weighted by molar-refractivity contribution is 6.03. The predicted octanol–water partition coefficient (Wildman–Crippen LogP) is 1.92. The van der Waals surface area contributed by atoms with E-state index in [4.69, 9.17) is 10.5 Å². The number of nitrogens with one attached hydrogen (secondary N) is 1. The molecule has 0 saturated carbocycles. The summed E-state index contributed by atoms with van der Waals surface area (Å²) in [7, 11) is 1.54. The minimum atomic E-state index is -0.278. The summed E-state index contributed by atoms with van der Waals surface area (Å²) in [6, 6.07) is 10.2. The molecule has 92 valence electrons. The van der Waals surface area contributed by atoms with Crippen molar-refractivity contribution in [2.75, 3.05) is 18.2 Å². The number of methoxy groups -OCH3 is 1. The molecular formula is C13H13N3O2. The topological polar surface area (TPSA) is 77.2 Å². The number of benzene rings is 1. The molecule has 0 aliphatic carbocycles. The molecule has 0 saturated heterocycles. The van der Waals surface area contributed by atoms with Gasteiger partial charge in [-0.05, 0) is 30.3 Å². The van der Waals surface area contributed by atoms with Crippen LogP contribution in [0.25, 0.3) is 0 Å². The lowest BCUT2D eigenvalue weighted by atomic mass is 10.2. The van der Waals surface area contributed by atoms with Crippen LogP contribution in [0.2, 0.25) is 0 Å². The summed E-state index contributed by atoms with van der Waals surface area (Å²) >= 11 is 0. The van der Waals surface area contributed by atoms with Crippen LogP contribution < -0.4 is 15.8 Å². The number of hydrogen-bond donors (Lipinski definition) is 2. The third-order valence-electron chi connectivity index (χ3n) is 2.39. The van der Waals surface area contributed by atoms with E-state index in [0.717, 1.165) is 0 Å². The number of hydrogen-bond acceptors (Lipinski definition) is 4. The number of nitrogens with zero attached hydrogens (tertiary/aromatic N) is 1. The fraction of sp³-hybridized carbons (Fsp3) is 0.0769. The first-order chi connectivity index (χ1) is 8.70. The van der Waals surface area contributed by atoms with Crippen LogP contribution in [0.3, 0.4) is 0 Å². The molecule has 0 fully saturated rings. The third kappa shape index (κ3) is 2.57. The molecule has 1 aromatic heterocycles. The molecule has 5 heteroatoms. The lowest BCUT2D eigenvalue weighted by Gasteiger charge is -2.08. The highest BCUT2D eigenvalue weighted by atomic mass is 16.5. The average molecular weight is 243 g/mol. The monoisotopic (exact) mass is 243 g/mol. The van der Waals surface area contributed by atoms with Crippen molar-refractivity contribution in [1.82, 2.24) is 4.98 Å². The Balaban J connectivity index is 2.15. The van der Waals surface area contributed by atoms with Crippen molar-refractivity contribution in [3.63, 3.8) is 0 Å². The Morgan fingerprint density at radius 1 is 1.33 bits per heavy atom. The standard InChI is InChI=1S/C13H13N3O2/c1-18-12-6-5-9(8-10(12)14)16-13(17)11-4-2-3-7-15-11/h2-8H,14H2,1H3,(H,16,17). The van der Waals surface area contributed by atoms with Crippen LogP contribution in [-0.2, 0) is 0 Å². The molecule has 3 N–H and O–H groups in total. The number of ether oxygens (including phenoxy) is 1. The molecule has 0 aliphatic rings. The summed E-state index contributed by atoms with van der Waals surface area (Å²) in [5.74, 6) is 0.297. The molecule has 0 atom stereocenters. The molecule has 0 spiro atoms. The number of nitrogens with two attached hydrogens (primary N) is 1. The molecule has 1 aromatic carbocycles. The summed E-state index contributed by atoms with van der Waals surface area (Å²) < 4.78 is 5.04. The second-order valence-electron chi connectivity index (χ2n) is 3.63. The van der Waals surface area contributed by atoms with Gasteiger partial charge in [-0.2, -0.15) is 0 Å². The summed E-state index contributed by atoms with van der Waals surface area (Å²) in [4.78, 5) is 15.8. The average Bonchev–Trinajstić information content (AvgIpc) is 2.40. The largest absolute Gasteiger partial charge is 0.495 e. The van der Waals surface area contributed by atoms with E-state index in [2.05, 4.69) is 10.3 Å². The first-order valence-corrected chi connectivity index (χ1v) is 5.36. The van der Waals surface area contributed by atoms with Gasteiger partial charge in [0.05, 0.1) is 12.8 Å². The minimum Gasteiger partial charge on any atom is -0.495 e. The van der Waals surface area contributed by atoms with E-state index >= 15 is 0 Å². The van der Waals surface area contributed by atoms with E-state index in [1.807, 2.05) is 0 Å². The molecule has 2 aromatic rings. The maximum Gasteiger partial charge on any atom is 0.274 e. The summed E-state index contributed by atoms with van der Waals surface area (Å²) in [5, 5.41) is 2.71. The molecule has 0 radical (unpaired) electrons. The minimum absolute atomic E-state index is 0.278. The maximum atomic E-state index is 11.8. The van der Waals surface area contributed by atoms with Crippen molar-refractivity contribution in [2.45, 2.75) is 0 Å². The van der Waals surface area contributed by atoms with Gasteiger partial charge in [-0.3, -0.25) is 9.78 Å². The van der Waals surface area contributed by atoms with E-state index in [-0.39, 0.29) is 5.91 Å². The SMILES string of the molecule is COc1ccc(NC(=O)c2ccccn2)cc1N. The number of pyridine rings is 1. The van der Waals surface area contributed by atoms with Gasteiger partial charge in [-0.1, -0.05) is 6.07 Å². The second kappa shape index (κ2) is 5.18. The van der Waals surface area contributed by atoms with Gasteiger partial charge in [0.25, 0.3) is 5.91 Å². The highest BCUT2D eigenvalue weighted by Crippen LogP contribution is 2.24. The molecule has 1 amide bonds. The van der Waals surface area contributed by atoms with E-state index in [9.17, 15) is 4.79 Å². The number of nitrogen functional groups attached to an aromatic ring is 1. The molecule has 18 heavy (non-hydrogen) atoms. The van der Waals surface area contributed by atoms with Crippen LogP contribution in [0.15, 0.2) is 42.6 Å². The van der Waals surface area contributed by atoms with Crippen molar-refractivity contribution >= 4 is 17.3 Å². The van der Waals surface area contributed by atoms with E-state index < -0.39 is 0 Å². The Morgan fingerprint density at radius 2 is 2.17 bits per heavy atom. The van der Waals surface area contributed by atoms with E-state index in [0.29, 0.717) is 22.8 Å². The zero-order valence-electron chi connectivity index (χ0n) is 9.88. The highest BCUT2D eigenvalue weighted by Gasteiger charge is 2.07. The van der Waals surface area contributed by atoms with Crippen LogP contribution in [0.5, 0.6) is 5.75 Å². The van der Waals surface area contributed by atoms with Crippen LogP contribution >= 0.6 is 0 Å². The maximum absolute atomic E-state index is 11.8. The summed E-state index contributed by atoms with van der Waals surface area (Å²) in [6.07, 6.45) is 1.57. The van der Waals surface area contributed by atoms with Crippen LogP contribution in [0.4, 0.5) is 11.4 Å². The van der Waals surface area contributed by atoms with Gasteiger partial charge in [0.15, 0.2) is 0 Å². The number of rotatable bonds is 3. The number of carbonyl (C=O) groups excluding carboxylic acids is 1. The Bertz CT molecular complexity index is 555. The van der Waals surface area contributed by atoms with Crippen molar-refractivity contribution < 1.29 is 9.53 Å². The van der Waals surface area contributed by atoms with Crippen molar-refractivity contribution in [3.05, 3.63) is 48.3 Å². The van der Waals surface area contributed by atoms with Gasteiger partial charge in [0, 0.05) is 11.9 Å². The first-order valence-electron chi connectivity index (χ1n) is 5.36. The van der Waals surface area contributed by atoms with Crippen LogP contribution in [0.1, 0.15) is 10.5 Å². The smallest absolute Gasteiger partial charge is 0.274 e. The van der Waals surface area contributed by atoms with E-state index in [1.165, 1.54) is 7.11 Å². The van der Waals surface area contributed by atoms with Crippen molar-refractivity contribution in [1.29, 1.82) is 0 Å².